The van der Waals surface area contributed by atoms with E-state index in [1.165, 1.54) is 12.1 Å². The van der Waals surface area contributed by atoms with Crippen LogP contribution >= 0.6 is 0 Å². The van der Waals surface area contributed by atoms with Gasteiger partial charge in [-0.15, -0.1) is 0 Å². The van der Waals surface area contributed by atoms with Gasteiger partial charge in [-0.05, 0) is 42.3 Å². The van der Waals surface area contributed by atoms with E-state index in [1.54, 1.807) is 26.4 Å². The summed E-state index contributed by atoms with van der Waals surface area (Å²) in [6.07, 6.45) is 0. The van der Waals surface area contributed by atoms with Crippen LogP contribution in [0.4, 0.5) is 4.39 Å². The molecule has 21 heavy (non-hydrogen) atoms. The third-order valence-electron chi connectivity index (χ3n) is 3.39. The van der Waals surface area contributed by atoms with Gasteiger partial charge in [0.15, 0.2) is 0 Å². The Morgan fingerprint density at radius 2 is 1.57 bits per heavy atom. The van der Waals surface area contributed by atoms with Crippen molar-refractivity contribution in [1.29, 1.82) is 0 Å². The number of rotatable bonds is 6. The molecule has 0 saturated carbocycles. The van der Waals surface area contributed by atoms with Crippen molar-refractivity contribution < 1.29 is 13.9 Å². The number of nitrogens with one attached hydrogen (secondary N) is 1. The van der Waals surface area contributed by atoms with Gasteiger partial charge in [-0.25, -0.2) is 4.39 Å². The fraction of sp³-hybridized carbons (Fsp3) is 0.294. The molecular formula is C17H20FNO2. The largest absolute Gasteiger partial charge is 0.497 e. The van der Waals surface area contributed by atoms with Crippen molar-refractivity contribution in [2.24, 2.45) is 0 Å². The van der Waals surface area contributed by atoms with Crippen molar-refractivity contribution in [1.82, 2.24) is 5.32 Å². The fourth-order valence-electron chi connectivity index (χ4n) is 2.11. The molecule has 0 amide bonds. The second-order valence-electron chi connectivity index (χ2n) is 4.88. The molecule has 1 N–H and O–H groups in total. The average Bonchev–Trinajstić information content (AvgIpc) is 2.52. The van der Waals surface area contributed by atoms with E-state index in [1.807, 2.05) is 25.1 Å². The van der Waals surface area contributed by atoms with Crippen LogP contribution in [0.3, 0.4) is 0 Å². The van der Waals surface area contributed by atoms with E-state index < -0.39 is 0 Å². The van der Waals surface area contributed by atoms with Crippen LogP contribution in [0, 0.1) is 5.82 Å². The highest BCUT2D eigenvalue weighted by molar-refractivity contribution is 5.38. The minimum atomic E-state index is -0.219. The molecular weight excluding hydrogens is 269 g/mol. The summed E-state index contributed by atoms with van der Waals surface area (Å²) in [5.74, 6) is 1.31. The Morgan fingerprint density at radius 3 is 2.10 bits per heavy atom. The molecule has 2 rings (SSSR count). The van der Waals surface area contributed by atoms with Crippen LogP contribution in [0.2, 0.25) is 0 Å². The van der Waals surface area contributed by atoms with Gasteiger partial charge in [0.25, 0.3) is 0 Å². The summed E-state index contributed by atoms with van der Waals surface area (Å²) in [6.45, 7) is 2.72. The van der Waals surface area contributed by atoms with Crippen molar-refractivity contribution in [3.8, 4) is 11.5 Å². The monoisotopic (exact) mass is 289 g/mol. The molecule has 112 valence electrons. The topological polar surface area (TPSA) is 30.5 Å². The molecule has 0 heterocycles. The highest BCUT2D eigenvalue weighted by atomic mass is 19.1. The molecule has 3 nitrogen and oxygen atoms in total. The van der Waals surface area contributed by atoms with Gasteiger partial charge in [0.1, 0.15) is 17.3 Å². The van der Waals surface area contributed by atoms with Crippen LogP contribution in [-0.4, -0.2) is 14.2 Å². The highest BCUT2D eigenvalue weighted by Crippen LogP contribution is 2.23. The summed E-state index contributed by atoms with van der Waals surface area (Å²) in [5, 5.41) is 3.40. The first-order valence-corrected chi connectivity index (χ1v) is 6.83. The van der Waals surface area contributed by atoms with Gasteiger partial charge >= 0.3 is 0 Å². The predicted molar refractivity (Wildman–Crippen MR) is 81.2 cm³/mol. The Kier molecular flexibility index (Phi) is 5.17. The second kappa shape index (κ2) is 7.09. The maximum atomic E-state index is 12.9. The van der Waals surface area contributed by atoms with E-state index in [0.29, 0.717) is 6.54 Å². The Bertz CT molecular complexity index is 562. The number of hydrogen-bond acceptors (Lipinski definition) is 3. The van der Waals surface area contributed by atoms with Gasteiger partial charge < -0.3 is 14.8 Å². The van der Waals surface area contributed by atoms with Crippen molar-refractivity contribution >= 4 is 0 Å². The van der Waals surface area contributed by atoms with Crippen LogP contribution in [-0.2, 0) is 6.54 Å². The van der Waals surface area contributed by atoms with Crippen LogP contribution < -0.4 is 14.8 Å². The molecule has 0 aliphatic carbocycles. The third kappa shape index (κ3) is 4.20. The number of ether oxygens (including phenoxy) is 2. The molecule has 0 aliphatic rings. The zero-order valence-electron chi connectivity index (χ0n) is 12.5. The SMILES string of the molecule is COc1cc(CN[C@@H](C)c2ccc(F)cc2)cc(OC)c1. The van der Waals surface area contributed by atoms with Gasteiger partial charge in [0.2, 0.25) is 0 Å². The van der Waals surface area contributed by atoms with E-state index in [0.717, 1.165) is 22.6 Å². The minimum absolute atomic E-state index is 0.128. The zero-order valence-corrected chi connectivity index (χ0v) is 12.5. The van der Waals surface area contributed by atoms with E-state index in [4.69, 9.17) is 9.47 Å². The summed E-state index contributed by atoms with van der Waals surface area (Å²) >= 11 is 0. The van der Waals surface area contributed by atoms with E-state index in [2.05, 4.69) is 5.32 Å². The maximum absolute atomic E-state index is 12.9. The molecule has 0 bridgehead atoms. The van der Waals surface area contributed by atoms with Crippen LogP contribution in [0.5, 0.6) is 11.5 Å². The predicted octanol–water partition coefficient (Wildman–Crippen LogP) is 3.69. The van der Waals surface area contributed by atoms with Crippen LogP contribution in [0.25, 0.3) is 0 Å². The van der Waals surface area contributed by atoms with Crippen molar-refractivity contribution in [3.63, 3.8) is 0 Å². The number of methoxy groups -OCH3 is 2. The number of hydrogen-bond donors (Lipinski definition) is 1. The molecule has 0 spiro atoms. The molecule has 1 atom stereocenters. The second-order valence-corrected chi connectivity index (χ2v) is 4.88. The molecule has 0 aromatic heterocycles. The van der Waals surface area contributed by atoms with Gasteiger partial charge in [-0.2, -0.15) is 0 Å². The van der Waals surface area contributed by atoms with Crippen molar-refractivity contribution in [3.05, 3.63) is 59.4 Å². The lowest BCUT2D eigenvalue weighted by Crippen LogP contribution is -2.18. The molecule has 2 aromatic carbocycles. The molecule has 0 fully saturated rings. The molecule has 4 heteroatoms. The highest BCUT2D eigenvalue weighted by Gasteiger charge is 2.07. The van der Waals surface area contributed by atoms with E-state index in [9.17, 15) is 4.39 Å². The van der Waals surface area contributed by atoms with Gasteiger partial charge in [-0.1, -0.05) is 12.1 Å². The first-order valence-electron chi connectivity index (χ1n) is 6.83. The Morgan fingerprint density at radius 1 is 1.00 bits per heavy atom. The van der Waals surface area contributed by atoms with Crippen LogP contribution in [0.15, 0.2) is 42.5 Å². The normalized spacial score (nSPS) is 12.0. The van der Waals surface area contributed by atoms with Crippen molar-refractivity contribution in [2.75, 3.05) is 14.2 Å². The summed E-state index contributed by atoms with van der Waals surface area (Å²) in [5.41, 5.74) is 2.12. The first kappa shape index (κ1) is 15.3. The summed E-state index contributed by atoms with van der Waals surface area (Å²) in [6, 6.07) is 12.4. The first-order chi connectivity index (χ1) is 10.1. The molecule has 0 saturated heterocycles. The quantitative estimate of drug-likeness (QED) is 0.879. The van der Waals surface area contributed by atoms with Gasteiger partial charge in [0.05, 0.1) is 14.2 Å². The number of benzene rings is 2. The molecule has 0 aliphatic heterocycles. The summed E-state index contributed by atoms with van der Waals surface area (Å²) < 4.78 is 23.4. The Hall–Kier alpha value is -2.07. The third-order valence-corrected chi connectivity index (χ3v) is 3.39. The fourth-order valence-corrected chi connectivity index (χ4v) is 2.11. The Labute approximate surface area is 124 Å². The zero-order chi connectivity index (χ0) is 15.2. The van der Waals surface area contributed by atoms with E-state index in [-0.39, 0.29) is 11.9 Å². The van der Waals surface area contributed by atoms with Crippen LogP contribution in [0.1, 0.15) is 24.1 Å². The number of halogens is 1. The van der Waals surface area contributed by atoms with Gasteiger partial charge in [-0.3, -0.25) is 0 Å². The molecule has 0 unspecified atom stereocenters. The summed E-state index contributed by atoms with van der Waals surface area (Å²) in [7, 11) is 3.26. The van der Waals surface area contributed by atoms with Gasteiger partial charge in [0, 0.05) is 18.7 Å². The Balaban J connectivity index is 2.03. The van der Waals surface area contributed by atoms with E-state index >= 15 is 0 Å². The molecule has 0 radical (unpaired) electrons. The lowest BCUT2D eigenvalue weighted by molar-refractivity contribution is 0.392. The lowest BCUT2D eigenvalue weighted by atomic mass is 10.1. The smallest absolute Gasteiger partial charge is 0.123 e. The minimum Gasteiger partial charge on any atom is -0.497 e. The lowest BCUT2D eigenvalue weighted by Gasteiger charge is -2.15. The average molecular weight is 289 g/mol. The standard InChI is InChI=1S/C17H20FNO2/c1-12(14-4-6-15(18)7-5-14)19-11-13-8-16(20-2)10-17(9-13)21-3/h4-10,12,19H,11H2,1-3H3/t12-/m0/s1. The summed E-state index contributed by atoms with van der Waals surface area (Å²) in [4.78, 5) is 0. The van der Waals surface area contributed by atoms with Crippen molar-refractivity contribution in [2.45, 2.75) is 19.5 Å². The molecule has 2 aromatic rings. The maximum Gasteiger partial charge on any atom is 0.123 e.